The van der Waals surface area contributed by atoms with E-state index in [1.807, 2.05) is 18.2 Å². The van der Waals surface area contributed by atoms with Gasteiger partial charge in [0.1, 0.15) is 0 Å². The van der Waals surface area contributed by atoms with Gasteiger partial charge in [-0.25, -0.2) is 4.39 Å². The molecular formula is C33H48BrFN2O2S. The zero-order valence-corrected chi connectivity index (χ0v) is 26.9. The van der Waals surface area contributed by atoms with Crippen LogP contribution in [0.3, 0.4) is 0 Å². The number of carbonyl (C=O) groups is 1. The van der Waals surface area contributed by atoms with Crippen LogP contribution < -0.4 is 10.1 Å². The molecule has 0 saturated heterocycles. The van der Waals surface area contributed by atoms with Crippen LogP contribution in [0.15, 0.2) is 53.6 Å². The van der Waals surface area contributed by atoms with Crippen LogP contribution in [0, 0.1) is 5.82 Å². The van der Waals surface area contributed by atoms with Gasteiger partial charge in [0, 0.05) is 23.5 Å². The van der Waals surface area contributed by atoms with Gasteiger partial charge in [-0.05, 0) is 42.5 Å². The molecule has 222 valence electrons. The molecule has 2 aromatic rings. The summed E-state index contributed by atoms with van der Waals surface area (Å²) in [5.74, 6) is 0.566. The standard InChI is InChI=1S/C33H47FN2O2S.BrH/c1-3-4-5-6-7-8-9-10-11-12-13-14-21-38-33-29(18-16-20-31(33)34)23-32(37)35-30-19-15-17-28(22-30)24-36-26-39-25-27(36)2;/h15-20,22,25H,3-14,21,23-24,26H2,1-2H3,(H,35,37);1H. The number of anilines is 1. The van der Waals surface area contributed by atoms with Crippen molar-refractivity contribution in [3.05, 3.63) is 70.5 Å². The quantitative estimate of drug-likeness (QED) is 0.156. The van der Waals surface area contributed by atoms with E-state index in [-0.39, 0.29) is 35.1 Å². The van der Waals surface area contributed by atoms with Crippen molar-refractivity contribution in [3.63, 3.8) is 0 Å². The van der Waals surface area contributed by atoms with Gasteiger partial charge in [-0.3, -0.25) is 4.79 Å². The van der Waals surface area contributed by atoms with Gasteiger partial charge in [0.05, 0.1) is 18.9 Å². The summed E-state index contributed by atoms with van der Waals surface area (Å²) in [5, 5.41) is 5.14. The summed E-state index contributed by atoms with van der Waals surface area (Å²) in [4.78, 5) is 15.1. The number of para-hydroxylation sites is 1. The lowest BCUT2D eigenvalue weighted by Gasteiger charge is -2.19. The minimum absolute atomic E-state index is 0. The minimum Gasteiger partial charge on any atom is -0.490 e. The van der Waals surface area contributed by atoms with Gasteiger partial charge < -0.3 is 15.0 Å². The van der Waals surface area contributed by atoms with E-state index in [1.54, 1.807) is 23.9 Å². The number of unbranched alkanes of at least 4 members (excludes halogenated alkanes) is 11. The van der Waals surface area contributed by atoms with Gasteiger partial charge in [-0.1, -0.05) is 102 Å². The van der Waals surface area contributed by atoms with Crippen molar-refractivity contribution in [1.82, 2.24) is 4.90 Å². The molecule has 0 fully saturated rings. The molecule has 0 aliphatic carbocycles. The first kappa shape index (κ1) is 34.2. The topological polar surface area (TPSA) is 41.6 Å². The van der Waals surface area contributed by atoms with Crippen molar-refractivity contribution < 1.29 is 13.9 Å². The molecule has 0 bridgehead atoms. The third-order valence-electron chi connectivity index (χ3n) is 7.21. The lowest BCUT2D eigenvalue weighted by Crippen LogP contribution is -2.18. The Hall–Kier alpha value is -1.99. The summed E-state index contributed by atoms with van der Waals surface area (Å²) in [6.07, 6.45) is 15.3. The molecule has 1 aliphatic rings. The Morgan fingerprint density at radius 1 is 0.950 bits per heavy atom. The van der Waals surface area contributed by atoms with Crippen LogP contribution in [0.1, 0.15) is 102 Å². The van der Waals surface area contributed by atoms with Gasteiger partial charge in [-0.2, -0.15) is 0 Å². The molecule has 40 heavy (non-hydrogen) atoms. The molecule has 1 amide bonds. The van der Waals surface area contributed by atoms with Crippen LogP contribution in [-0.2, 0) is 17.8 Å². The lowest BCUT2D eigenvalue weighted by molar-refractivity contribution is -0.115. The predicted octanol–water partition coefficient (Wildman–Crippen LogP) is 10.0. The van der Waals surface area contributed by atoms with Crippen LogP contribution in [0.2, 0.25) is 0 Å². The highest BCUT2D eigenvalue weighted by Gasteiger charge is 2.15. The molecule has 1 heterocycles. The fourth-order valence-electron chi connectivity index (χ4n) is 4.91. The maximum atomic E-state index is 14.6. The minimum atomic E-state index is -0.409. The number of hydrogen-bond donors (Lipinski definition) is 1. The molecule has 1 N–H and O–H groups in total. The fraction of sp³-hybridized carbons (Fsp3) is 0.545. The number of hydrogen-bond acceptors (Lipinski definition) is 4. The molecule has 0 aromatic heterocycles. The van der Waals surface area contributed by atoms with Gasteiger partial charge in [0.2, 0.25) is 5.91 Å². The number of allylic oxidation sites excluding steroid dienone is 1. The second kappa shape index (κ2) is 20.0. The third kappa shape index (κ3) is 12.7. The summed E-state index contributed by atoms with van der Waals surface area (Å²) >= 11 is 1.79. The SMILES string of the molecule is Br.CCCCCCCCCCCCCCOc1c(F)cccc1CC(=O)Nc1cccc(CN2CSC=C2C)c1. The van der Waals surface area contributed by atoms with Crippen molar-refractivity contribution in [1.29, 1.82) is 0 Å². The molecule has 3 rings (SSSR count). The van der Waals surface area contributed by atoms with Crippen molar-refractivity contribution in [2.75, 3.05) is 17.8 Å². The molecule has 0 saturated carbocycles. The van der Waals surface area contributed by atoms with Gasteiger partial charge in [-0.15, -0.1) is 28.7 Å². The van der Waals surface area contributed by atoms with Crippen molar-refractivity contribution >= 4 is 40.3 Å². The van der Waals surface area contributed by atoms with E-state index in [2.05, 4.69) is 35.5 Å². The number of nitrogens with zero attached hydrogens (tertiary/aromatic N) is 1. The highest BCUT2D eigenvalue weighted by molar-refractivity contribution is 8.93. The first-order valence-corrected chi connectivity index (χ1v) is 15.9. The predicted molar refractivity (Wildman–Crippen MR) is 174 cm³/mol. The molecule has 0 spiro atoms. The Morgan fingerprint density at radius 2 is 1.60 bits per heavy atom. The zero-order valence-electron chi connectivity index (χ0n) is 24.4. The van der Waals surface area contributed by atoms with Gasteiger partial charge in [0.15, 0.2) is 11.6 Å². The van der Waals surface area contributed by atoms with Gasteiger partial charge >= 0.3 is 0 Å². The van der Waals surface area contributed by atoms with E-state index < -0.39 is 5.82 Å². The number of benzene rings is 2. The van der Waals surface area contributed by atoms with Crippen LogP contribution in [-0.4, -0.2) is 23.3 Å². The van der Waals surface area contributed by atoms with E-state index in [9.17, 15) is 9.18 Å². The third-order valence-corrected chi connectivity index (χ3v) is 8.18. The summed E-state index contributed by atoms with van der Waals surface area (Å²) in [6.45, 7) is 5.65. The van der Waals surface area contributed by atoms with E-state index in [0.29, 0.717) is 12.2 Å². The first-order chi connectivity index (χ1) is 19.1. The maximum Gasteiger partial charge on any atom is 0.228 e. The second-order valence-corrected chi connectivity index (χ2v) is 11.5. The van der Waals surface area contributed by atoms with E-state index >= 15 is 0 Å². The molecule has 2 aromatic carbocycles. The molecular weight excluding hydrogens is 587 g/mol. The molecule has 1 aliphatic heterocycles. The van der Waals surface area contributed by atoms with Crippen molar-refractivity contribution in [2.24, 2.45) is 0 Å². The largest absolute Gasteiger partial charge is 0.490 e. The number of thioether (sulfide) groups is 1. The molecule has 0 atom stereocenters. The average molecular weight is 636 g/mol. The van der Waals surface area contributed by atoms with Crippen LogP contribution in [0.5, 0.6) is 5.75 Å². The molecule has 0 radical (unpaired) electrons. The van der Waals surface area contributed by atoms with E-state index in [0.717, 1.165) is 36.5 Å². The number of rotatable bonds is 19. The first-order valence-electron chi connectivity index (χ1n) is 14.9. The Kier molecular flexibility index (Phi) is 17.1. The molecule has 4 nitrogen and oxygen atoms in total. The number of amides is 1. The summed E-state index contributed by atoms with van der Waals surface area (Å²) < 4.78 is 20.4. The summed E-state index contributed by atoms with van der Waals surface area (Å²) in [6, 6.07) is 12.7. The highest BCUT2D eigenvalue weighted by atomic mass is 79.9. The van der Waals surface area contributed by atoms with Crippen molar-refractivity contribution in [3.8, 4) is 5.75 Å². The maximum absolute atomic E-state index is 14.6. The number of nitrogens with one attached hydrogen (secondary N) is 1. The average Bonchev–Trinajstić information content (AvgIpc) is 3.32. The summed E-state index contributed by atoms with van der Waals surface area (Å²) in [5.41, 5.74) is 3.73. The fourth-order valence-corrected chi connectivity index (χ4v) is 5.85. The Bertz CT molecular complexity index is 1050. The normalized spacial score (nSPS) is 12.7. The highest BCUT2D eigenvalue weighted by Crippen LogP contribution is 2.26. The Balaban J connectivity index is 0.00000560. The summed E-state index contributed by atoms with van der Waals surface area (Å²) in [7, 11) is 0. The number of carbonyl (C=O) groups excluding carboxylic acids is 1. The smallest absolute Gasteiger partial charge is 0.228 e. The Labute approximate surface area is 256 Å². The molecule has 7 heteroatoms. The Morgan fingerprint density at radius 3 is 2.25 bits per heavy atom. The zero-order chi connectivity index (χ0) is 27.7. The van der Waals surface area contributed by atoms with Crippen LogP contribution in [0.25, 0.3) is 0 Å². The van der Waals surface area contributed by atoms with E-state index in [4.69, 9.17) is 4.74 Å². The van der Waals surface area contributed by atoms with Crippen LogP contribution in [0.4, 0.5) is 10.1 Å². The molecule has 0 unspecified atom stereocenters. The van der Waals surface area contributed by atoms with Crippen molar-refractivity contribution in [2.45, 2.75) is 104 Å². The number of ether oxygens (including phenoxy) is 1. The number of halogens is 2. The van der Waals surface area contributed by atoms with Crippen LogP contribution >= 0.6 is 28.7 Å². The van der Waals surface area contributed by atoms with Gasteiger partial charge in [0.25, 0.3) is 0 Å². The monoisotopic (exact) mass is 634 g/mol. The van der Waals surface area contributed by atoms with E-state index in [1.165, 1.54) is 76.0 Å². The lowest BCUT2D eigenvalue weighted by atomic mass is 10.1. The second-order valence-electron chi connectivity index (χ2n) is 10.6.